The second kappa shape index (κ2) is 6.22. The fourth-order valence-electron chi connectivity index (χ4n) is 2.05. The summed E-state index contributed by atoms with van der Waals surface area (Å²) in [7, 11) is 0. The molecule has 0 aliphatic heterocycles. The van der Waals surface area contributed by atoms with Crippen molar-refractivity contribution in [2.75, 3.05) is 0 Å². The molecule has 1 unspecified atom stereocenters. The van der Waals surface area contributed by atoms with Crippen LogP contribution in [0.25, 0.3) is 0 Å². The predicted octanol–water partition coefficient (Wildman–Crippen LogP) is 4.45. The minimum atomic E-state index is -0.291. The predicted molar refractivity (Wildman–Crippen MR) is 79.7 cm³/mol. The van der Waals surface area contributed by atoms with Crippen LogP contribution in [-0.4, -0.2) is 0 Å². The Morgan fingerprint density at radius 3 is 2.63 bits per heavy atom. The van der Waals surface area contributed by atoms with Gasteiger partial charge in [-0.25, -0.2) is 4.39 Å². The zero-order chi connectivity index (χ0) is 13.8. The monoisotopic (exact) mass is 275 g/mol. The number of hydrogen-bond acceptors (Lipinski definition) is 2. The molecule has 19 heavy (non-hydrogen) atoms. The molecule has 2 rings (SSSR count). The number of rotatable bonds is 4. The molecule has 0 aromatic heterocycles. The van der Waals surface area contributed by atoms with Gasteiger partial charge in [0.15, 0.2) is 0 Å². The summed E-state index contributed by atoms with van der Waals surface area (Å²) >= 11 is 1.63. The molecule has 2 N–H and O–H groups in total. The Labute approximate surface area is 118 Å². The van der Waals surface area contributed by atoms with E-state index >= 15 is 0 Å². The van der Waals surface area contributed by atoms with Gasteiger partial charge in [0, 0.05) is 22.3 Å². The molecule has 0 bridgehead atoms. The van der Waals surface area contributed by atoms with Crippen molar-refractivity contribution in [3.05, 3.63) is 65.0 Å². The molecule has 0 spiro atoms. The van der Waals surface area contributed by atoms with E-state index in [1.807, 2.05) is 19.1 Å². The van der Waals surface area contributed by atoms with Crippen LogP contribution in [0.3, 0.4) is 0 Å². The summed E-state index contributed by atoms with van der Waals surface area (Å²) in [5.41, 5.74) is 8.95. The van der Waals surface area contributed by atoms with Gasteiger partial charge in [0.2, 0.25) is 0 Å². The summed E-state index contributed by atoms with van der Waals surface area (Å²) in [5, 5.41) is 0. The van der Waals surface area contributed by atoms with Crippen LogP contribution < -0.4 is 5.73 Å². The summed E-state index contributed by atoms with van der Waals surface area (Å²) in [6, 6.07) is 13.2. The van der Waals surface area contributed by atoms with Crippen molar-refractivity contribution in [3.8, 4) is 0 Å². The fourth-order valence-corrected chi connectivity index (χ4v) is 3.16. The van der Waals surface area contributed by atoms with Crippen LogP contribution in [-0.2, 0) is 5.75 Å². The smallest absolute Gasteiger partial charge is 0.129 e. The first kappa shape index (κ1) is 14.1. The summed E-state index contributed by atoms with van der Waals surface area (Å²) in [6.45, 7) is 3.89. The molecular formula is C16H18FNS. The maximum Gasteiger partial charge on any atom is 0.129 e. The van der Waals surface area contributed by atoms with Crippen LogP contribution in [0.5, 0.6) is 0 Å². The van der Waals surface area contributed by atoms with Crippen molar-refractivity contribution in [1.29, 1.82) is 0 Å². The average Bonchev–Trinajstić information content (AvgIpc) is 2.36. The van der Waals surface area contributed by atoms with E-state index in [0.717, 1.165) is 10.6 Å². The van der Waals surface area contributed by atoms with Crippen LogP contribution in [0, 0.1) is 12.7 Å². The first-order valence-electron chi connectivity index (χ1n) is 6.30. The molecule has 0 saturated carbocycles. The summed E-state index contributed by atoms with van der Waals surface area (Å²) in [5.74, 6) is 0.606. The van der Waals surface area contributed by atoms with Gasteiger partial charge in [-0.3, -0.25) is 0 Å². The Morgan fingerprint density at radius 2 is 1.95 bits per heavy atom. The first-order valence-corrected chi connectivity index (χ1v) is 7.29. The van der Waals surface area contributed by atoms with E-state index in [4.69, 9.17) is 5.73 Å². The largest absolute Gasteiger partial charge is 0.324 e. The zero-order valence-corrected chi connectivity index (χ0v) is 12.0. The lowest BCUT2D eigenvalue weighted by atomic mass is 10.1. The molecular weight excluding hydrogens is 257 g/mol. The highest BCUT2D eigenvalue weighted by Gasteiger charge is 2.12. The van der Waals surface area contributed by atoms with Crippen LogP contribution >= 0.6 is 11.8 Å². The summed E-state index contributed by atoms with van der Waals surface area (Å²) in [6.07, 6.45) is 0. The van der Waals surface area contributed by atoms with Gasteiger partial charge in [-0.05, 0) is 31.5 Å². The van der Waals surface area contributed by atoms with Crippen molar-refractivity contribution in [2.45, 2.75) is 30.5 Å². The number of aryl methyl sites for hydroxylation is 1. The van der Waals surface area contributed by atoms with Gasteiger partial charge >= 0.3 is 0 Å². The highest BCUT2D eigenvalue weighted by Crippen LogP contribution is 2.31. The van der Waals surface area contributed by atoms with Gasteiger partial charge in [-0.1, -0.05) is 35.9 Å². The van der Waals surface area contributed by atoms with Crippen molar-refractivity contribution < 1.29 is 4.39 Å². The van der Waals surface area contributed by atoms with Gasteiger partial charge in [0.25, 0.3) is 0 Å². The molecule has 0 amide bonds. The molecule has 0 saturated heterocycles. The second-order valence-electron chi connectivity index (χ2n) is 4.72. The molecule has 1 nitrogen and oxygen atoms in total. The van der Waals surface area contributed by atoms with Gasteiger partial charge in [-0.2, -0.15) is 0 Å². The van der Waals surface area contributed by atoms with Crippen LogP contribution in [0.2, 0.25) is 0 Å². The number of hydrogen-bond donors (Lipinski definition) is 1. The average molecular weight is 275 g/mol. The quantitative estimate of drug-likeness (QED) is 0.834. The highest BCUT2D eigenvalue weighted by atomic mass is 32.2. The minimum Gasteiger partial charge on any atom is -0.324 e. The minimum absolute atomic E-state index is 0.218. The third kappa shape index (κ3) is 3.58. The molecule has 1 atom stereocenters. The highest BCUT2D eigenvalue weighted by molar-refractivity contribution is 7.98. The van der Waals surface area contributed by atoms with Crippen LogP contribution in [0.4, 0.5) is 4.39 Å². The van der Waals surface area contributed by atoms with Crippen molar-refractivity contribution in [2.24, 2.45) is 5.73 Å². The second-order valence-corrected chi connectivity index (χ2v) is 5.74. The number of nitrogens with two attached hydrogens (primary N) is 1. The van der Waals surface area contributed by atoms with E-state index in [0.29, 0.717) is 5.56 Å². The Kier molecular flexibility index (Phi) is 4.61. The molecule has 2 aromatic rings. The van der Waals surface area contributed by atoms with Crippen LogP contribution in [0.1, 0.15) is 29.7 Å². The normalized spacial score (nSPS) is 12.4. The summed E-state index contributed by atoms with van der Waals surface area (Å²) in [4.78, 5) is 0.927. The van der Waals surface area contributed by atoms with E-state index in [9.17, 15) is 4.39 Å². The first-order chi connectivity index (χ1) is 9.08. The Morgan fingerprint density at radius 1 is 1.21 bits per heavy atom. The third-order valence-corrected chi connectivity index (χ3v) is 4.09. The fraction of sp³-hybridized carbons (Fsp3) is 0.250. The summed E-state index contributed by atoms with van der Waals surface area (Å²) < 4.78 is 13.8. The lowest BCUT2D eigenvalue weighted by Crippen LogP contribution is -2.09. The molecule has 0 heterocycles. The number of thioether (sulfide) groups is 1. The Balaban J connectivity index is 2.18. The third-order valence-electron chi connectivity index (χ3n) is 2.95. The maximum atomic E-state index is 13.8. The van der Waals surface area contributed by atoms with Gasteiger partial charge < -0.3 is 5.73 Å². The maximum absolute atomic E-state index is 13.8. The molecule has 0 aliphatic carbocycles. The van der Waals surface area contributed by atoms with Crippen molar-refractivity contribution >= 4 is 11.8 Å². The topological polar surface area (TPSA) is 26.0 Å². The molecule has 3 heteroatoms. The lowest BCUT2D eigenvalue weighted by molar-refractivity contribution is 0.585. The van der Waals surface area contributed by atoms with E-state index < -0.39 is 0 Å². The van der Waals surface area contributed by atoms with Gasteiger partial charge in [-0.15, -0.1) is 11.8 Å². The SMILES string of the molecule is Cc1cccc(CSc2cccc(F)c2C(C)N)c1. The standard InChI is InChI=1S/C16H18FNS/c1-11-5-3-6-13(9-11)10-19-15-8-4-7-14(17)16(15)12(2)18/h3-9,12H,10,18H2,1-2H3. The molecule has 0 fully saturated rings. The Hall–Kier alpha value is -1.32. The van der Waals surface area contributed by atoms with Crippen molar-refractivity contribution in [3.63, 3.8) is 0 Å². The van der Waals surface area contributed by atoms with E-state index in [1.54, 1.807) is 17.8 Å². The number of halogens is 1. The lowest BCUT2D eigenvalue weighted by Gasteiger charge is -2.13. The van der Waals surface area contributed by atoms with E-state index in [1.165, 1.54) is 17.2 Å². The van der Waals surface area contributed by atoms with Crippen LogP contribution in [0.15, 0.2) is 47.4 Å². The van der Waals surface area contributed by atoms with Gasteiger partial charge in [0.05, 0.1) is 0 Å². The molecule has 0 aliphatic rings. The Bertz CT molecular complexity index is 566. The molecule has 100 valence electrons. The number of benzene rings is 2. The zero-order valence-electron chi connectivity index (χ0n) is 11.2. The molecule has 0 radical (unpaired) electrons. The van der Waals surface area contributed by atoms with E-state index in [-0.39, 0.29) is 11.9 Å². The van der Waals surface area contributed by atoms with Gasteiger partial charge in [0.1, 0.15) is 5.82 Å². The molecule has 2 aromatic carbocycles. The van der Waals surface area contributed by atoms with Crippen molar-refractivity contribution in [1.82, 2.24) is 0 Å². The van der Waals surface area contributed by atoms with E-state index in [2.05, 4.69) is 25.1 Å².